The predicted octanol–water partition coefficient (Wildman–Crippen LogP) is 2.93. The summed E-state index contributed by atoms with van der Waals surface area (Å²) < 4.78 is 0.844. The molecule has 0 aliphatic heterocycles. The zero-order chi connectivity index (χ0) is 10.1. The smallest absolute Gasteiger partial charge is 0.101 e. The van der Waals surface area contributed by atoms with Crippen LogP contribution in [0.3, 0.4) is 0 Å². The fourth-order valence-corrected chi connectivity index (χ4v) is 2.71. The summed E-state index contributed by atoms with van der Waals surface area (Å²) in [5.74, 6) is 0. The maximum atomic E-state index is 8.88. The van der Waals surface area contributed by atoms with Crippen LogP contribution in [-0.4, -0.2) is 0 Å². The molecule has 0 unspecified atom stereocenters. The van der Waals surface area contributed by atoms with Gasteiger partial charge in [0.05, 0.1) is 21.9 Å². The van der Waals surface area contributed by atoms with Crippen molar-refractivity contribution in [3.8, 4) is 12.1 Å². The maximum Gasteiger partial charge on any atom is 0.101 e. The van der Waals surface area contributed by atoms with Gasteiger partial charge in [0.15, 0.2) is 0 Å². The largest absolute Gasteiger partial charge is 0.192 e. The van der Waals surface area contributed by atoms with E-state index in [0.29, 0.717) is 11.1 Å². The van der Waals surface area contributed by atoms with E-state index in [4.69, 9.17) is 10.5 Å². The predicted molar refractivity (Wildman–Crippen MR) is 58.5 cm³/mol. The van der Waals surface area contributed by atoms with E-state index in [1.807, 2.05) is 5.38 Å². The summed E-state index contributed by atoms with van der Waals surface area (Å²) in [5.41, 5.74) is 1.18. The van der Waals surface area contributed by atoms with Crippen LogP contribution in [0.1, 0.15) is 11.1 Å². The zero-order valence-electron chi connectivity index (χ0n) is 6.98. The minimum absolute atomic E-state index is 0.574. The summed E-state index contributed by atoms with van der Waals surface area (Å²) >= 11 is 5.71. The monoisotopic (exact) mass is 216 g/mol. The van der Waals surface area contributed by atoms with Crippen molar-refractivity contribution >= 4 is 34.1 Å². The van der Waals surface area contributed by atoms with E-state index in [-0.39, 0.29) is 0 Å². The van der Waals surface area contributed by atoms with E-state index in [1.165, 1.54) is 11.3 Å². The minimum atomic E-state index is 0.574. The Kier molecular flexibility index (Phi) is 2.17. The van der Waals surface area contributed by atoms with Gasteiger partial charge in [-0.1, -0.05) is 0 Å². The summed E-state index contributed by atoms with van der Waals surface area (Å²) in [4.78, 5) is 0.763. The van der Waals surface area contributed by atoms with Crippen molar-refractivity contribution in [2.45, 2.75) is 4.90 Å². The molecule has 0 amide bonds. The van der Waals surface area contributed by atoms with E-state index >= 15 is 0 Å². The van der Waals surface area contributed by atoms with Gasteiger partial charge in [-0.05, 0) is 12.1 Å². The average Bonchev–Trinajstić information content (AvgIpc) is 2.60. The Morgan fingerprint density at radius 2 is 1.79 bits per heavy atom. The van der Waals surface area contributed by atoms with Gasteiger partial charge in [0.2, 0.25) is 0 Å². The van der Waals surface area contributed by atoms with Crippen LogP contribution in [0, 0.1) is 22.7 Å². The maximum absolute atomic E-state index is 8.88. The van der Waals surface area contributed by atoms with Crippen molar-refractivity contribution in [2.75, 3.05) is 0 Å². The Balaban J connectivity index is 2.99. The highest BCUT2D eigenvalue weighted by Gasteiger charge is 2.10. The third-order valence-corrected chi connectivity index (χ3v) is 3.48. The van der Waals surface area contributed by atoms with Crippen molar-refractivity contribution in [3.63, 3.8) is 0 Å². The minimum Gasteiger partial charge on any atom is -0.192 e. The number of thiophene rings is 1. The molecule has 0 radical (unpaired) electrons. The molecule has 0 saturated heterocycles. The Hall–Kier alpha value is -1.49. The van der Waals surface area contributed by atoms with E-state index < -0.39 is 0 Å². The van der Waals surface area contributed by atoms with E-state index in [1.54, 1.807) is 12.1 Å². The summed E-state index contributed by atoms with van der Waals surface area (Å²) in [6.45, 7) is 0. The lowest BCUT2D eigenvalue weighted by molar-refractivity contribution is 1.48. The zero-order valence-corrected chi connectivity index (χ0v) is 8.69. The molecule has 0 atom stereocenters. The molecule has 1 heterocycles. The molecule has 2 nitrogen and oxygen atoms in total. The molecule has 0 fully saturated rings. The SMILES string of the molecule is N#Cc1ccc(C#N)c2c(S)csc12. The molecular weight excluding hydrogens is 212 g/mol. The van der Waals surface area contributed by atoms with Crippen LogP contribution in [0.4, 0.5) is 0 Å². The first-order valence-corrected chi connectivity index (χ1v) is 5.14. The van der Waals surface area contributed by atoms with Crippen molar-refractivity contribution in [1.82, 2.24) is 0 Å². The molecule has 0 N–H and O–H groups in total. The van der Waals surface area contributed by atoms with E-state index in [2.05, 4.69) is 24.8 Å². The van der Waals surface area contributed by atoms with Gasteiger partial charge in [-0.3, -0.25) is 0 Å². The third kappa shape index (κ3) is 1.17. The lowest BCUT2D eigenvalue weighted by Crippen LogP contribution is -1.80. The number of benzene rings is 1. The summed E-state index contributed by atoms with van der Waals surface area (Å²) in [5, 5.41) is 20.4. The second-order valence-electron chi connectivity index (χ2n) is 2.71. The number of nitriles is 2. The quantitative estimate of drug-likeness (QED) is 0.688. The van der Waals surface area contributed by atoms with Gasteiger partial charge in [-0.25, -0.2) is 0 Å². The van der Waals surface area contributed by atoms with Gasteiger partial charge in [-0.15, -0.1) is 24.0 Å². The molecule has 0 bridgehead atoms. The van der Waals surface area contributed by atoms with Crippen LogP contribution in [0.2, 0.25) is 0 Å². The normalized spacial score (nSPS) is 9.64. The lowest BCUT2D eigenvalue weighted by Gasteiger charge is -1.96. The van der Waals surface area contributed by atoms with Gasteiger partial charge in [-0.2, -0.15) is 10.5 Å². The first kappa shape index (κ1) is 9.08. The molecule has 0 spiro atoms. The van der Waals surface area contributed by atoms with Gasteiger partial charge < -0.3 is 0 Å². The molecule has 1 aromatic carbocycles. The molecule has 66 valence electrons. The van der Waals surface area contributed by atoms with Crippen molar-refractivity contribution in [3.05, 3.63) is 28.6 Å². The highest BCUT2D eigenvalue weighted by molar-refractivity contribution is 7.80. The van der Waals surface area contributed by atoms with Crippen LogP contribution in [-0.2, 0) is 0 Å². The third-order valence-electron chi connectivity index (χ3n) is 1.94. The topological polar surface area (TPSA) is 47.6 Å². The lowest BCUT2D eigenvalue weighted by atomic mass is 10.1. The standard InChI is InChI=1S/C10H4N2S2/c11-3-6-1-2-7(4-12)10-9(6)8(13)5-14-10/h1-2,5,13H. The molecule has 0 saturated carbocycles. The van der Waals surface area contributed by atoms with Crippen molar-refractivity contribution in [1.29, 1.82) is 10.5 Å². The fourth-order valence-electron chi connectivity index (χ4n) is 1.31. The summed E-state index contributed by atoms with van der Waals surface area (Å²) in [6.07, 6.45) is 0. The second kappa shape index (κ2) is 3.34. The first-order chi connectivity index (χ1) is 6.77. The number of hydrogen-bond donors (Lipinski definition) is 1. The summed E-state index contributed by atoms with van der Waals surface area (Å²) in [6, 6.07) is 7.53. The average molecular weight is 216 g/mol. The second-order valence-corrected chi connectivity index (χ2v) is 4.07. The number of hydrogen-bond acceptors (Lipinski definition) is 4. The number of rotatable bonds is 0. The molecule has 0 aliphatic rings. The summed E-state index contributed by atoms with van der Waals surface area (Å²) in [7, 11) is 0. The van der Waals surface area contributed by atoms with Crippen molar-refractivity contribution in [2.24, 2.45) is 0 Å². The highest BCUT2D eigenvalue weighted by Crippen LogP contribution is 2.33. The number of thiol groups is 1. The number of fused-ring (bicyclic) bond motifs is 1. The van der Waals surface area contributed by atoms with Gasteiger partial charge in [0, 0.05) is 15.7 Å². The molecule has 2 rings (SSSR count). The van der Waals surface area contributed by atoms with Crippen LogP contribution in [0.15, 0.2) is 22.4 Å². The van der Waals surface area contributed by atoms with Crippen LogP contribution < -0.4 is 0 Å². The molecule has 4 heteroatoms. The van der Waals surface area contributed by atoms with Gasteiger partial charge in [0.25, 0.3) is 0 Å². The van der Waals surface area contributed by atoms with Gasteiger partial charge in [0.1, 0.15) is 6.07 Å². The van der Waals surface area contributed by atoms with Crippen LogP contribution >= 0.6 is 24.0 Å². The Morgan fingerprint density at radius 1 is 1.14 bits per heavy atom. The Morgan fingerprint density at radius 3 is 2.43 bits per heavy atom. The van der Waals surface area contributed by atoms with Crippen LogP contribution in [0.25, 0.3) is 10.1 Å². The molecule has 14 heavy (non-hydrogen) atoms. The fraction of sp³-hybridized carbons (Fsp3) is 0. The molecular formula is C10H4N2S2. The Bertz CT molecular complexity index is 584. The molecule has 2 aromatic rings. The number of nitrogens with zero attached hydrogens (tertiary/aromatic N) is 2. The van der Waals surface area contributed by atoms with Gasteiger partial charge >= 0.3 is 0 Å². The molecule has 0 aliphatic carbocycles. The van der Waals surface area contributed by atoms with E-state index in [9.17, 15) is 0 Å². The van der Waals surface area contributed by atoms with Crippen molar-refractivity contribution < 1.29 is 0 Å². The van der Waals surface area contributed by atoms with Crippen LogP contribution in [0.5, 0.6) is 0 Å². The Labute approximate surface area is 90.4 Å². The van der Waals surface area contributed by atoms with E-state index in [0.717, 1.165) is 15.0 Å². The molecule has 1 aromatic heterocycles. The first-order valence-electron chi connectivity index (χ1n) is 3.81. The highest BCUT2D eigenvalue weighted by atomic mass is 32.1.